The zero-order chi connectivity index (χ0) is 13.8. The first kappa shape index (κ1) is 14.9. The van der Waals surface area contributed by atoms with Crippen LogP contribution in [0.1, 0.15) is 12.6 Å². The predicted octanol–water partition coefficient (Wildman–Crippen LogP) is 4.96. The van der Waals surface area contributed by atoms with Crippen LogP contribution in [0.4, 0.5) is 10.8 Å². The maximum Gasteiger partial charge on any atom is 0.187 e. The third kappa shape index (κ3) is 3.97. The van der Waals surface area contributed by atoms with Gasteiger partial charge in [-0.1, -0.05) is 41.7 Å². The van der Waals surface area contributed by atoms with Gasteiger partial charge in [0, 0.05) is 16.9 Å². The molecule has 1 aromatic carbocycles. The number of rotatable bonds is 5. The second kappa shape index (κ2) is 6.77. The van der Waals surface area contributed by atoms with Gasteiger partial charge in [0.15, 0.2) is 5.13 Å². The van der Waals surface area contributed by atoms with Crippen LogP contribution in [0.2, 0.25) is 15.1 Å². The van der Waals surface area contributed by atoms with Crippen LogP contribution in [0, 0.1) is 0 Å². The van der Waals surface area contributed by atoms with Gasteiger partial charge in [0.25, 0.3) is 0 Å². The van der Waals surface area contributed by atoms with Crippen LogP contribution < -0.4 is 10.6 Å². The van der Waals surface area contributed by atoms with E-state index in [1.54, 1.807) is 12.1 Å². The maximum atomic E-state index is 6.11. The first-order valence-corrected chi connectivity index (χ1v) is 7.68. The molecule has 0 atom stereocenters. The van der Waals surface area contributed by atoms with Gasteiger partial charge in [-0.15, -0.1) is 11.3 Å². The molecule has 0 aliphatic carbocycles. The highest BCUT2D eigenvalue weighted by molar-refractivity contribution is 7.13. The van der Waals surface area contributed by atoms with Crippen molar-refractivity contribution in [3.8, 4) is 0 Å². The molecule has 2 aromatic rings. The van der Waals surface area contributed by atoms with Gasteiger partial charge in [0.05, 0.1) is 21.4 Å². The molecule has 0 saturated carbocycles. The normalized spacial score (nSPS) is 10.7. The molecule has 0 saturated heterocycles. The van der Waals surface area contributed by atoms with Crippen LogP contribution in [0.25, 0.3) is 0 Å². The molecule has 0 aliphatic heterocycles. The van der Waals surface area contributed by atoms with Crippen LogP contribution in [-0.4, -0.2) is 11.5 Å². The van der Waals surface area contributed by atoms with Crippen LogP contribution in [0.3, 0.4) is 0 Å². The Labute approximate surface area is 130 Å². The quantitative estimate of drug-likeness (QED) is 0.810. The molecule has 0 unspecified atom stereocenters. The SMILES string of the molecule is CCNCc1csc(Nc2c(Cl)cc(Cl)cc2Cl)n1. The zero-order valence-corrected chi connectivity index (χ0v) is 13.2. The van der Waals surface area contributed by atoms with Gasteiger partial charge in [-0.25, -0.2) is 4.98 Å². The molecule has 1 heterocycles. The molecule has 0 bridgehead atoms. The maximum absolute atomic E-state index is 6.11. The molecule has 0 aliphatic rings. The first-order chi connectivity index (χ1) is 9.10. The summed E-state index contributed by atoms with van der Waals surface area (Å²) in [6, 6.07) is 3.29. The monoisotopic (exact) mass is 335 g/mol. The molecular weight excluding hydrogens is 325 g/mol. The minimum atomic E-state index is 0.473. The number of benzene rings is 1. The molecular formula is C12H12Cl3N3S. The highest BCUT2D eigenvalue weighted by Crippen LogP contribution is 2.36. The zero-order valence-electron chi connectivity index (χ0n) is 10.1. The summed E-state index contributed by atoms with van der Waals surface area (Å²) in [6.45, 7) is 3.71. The van der Waals surface area contributed by atoms with E-state index in [1.165, 1.54) is 11.3 Å². The second-order valence-corrected chi connectivity index (χ2v) is 5.90. The highest BCUT2D eigenvalue weighted by atomic mass is 35.5. The largest absolute Gasteiger partial charge is 0.329 e. The molecule has 2 rings (SSSR count). The van der Waals surface area contributed by atoms with E-state index >= 15 is 0 Å². The Morgan fingerprint density at radius 1 is 1.21 bits per heavy atom. The summed E-state index contributed by atoms with van der Waals surface area (Å²) in [6.07, 6.45) is 0. The smallest absolute Gasteiger partial charge is 0.187 e. The summed E-state index contributed by atoms with van der Waals surface area (Å²) >= 11 is 19.6. The van der Waals surface area contributed by atoms with Crippen molar-refractivity contribution in [1.82, 2.24) is 10.3 Å². The van der Waals surface area contributed by atoms with Gasteiger partial charge < -0.3 is 10.6 Å². The van der Waals surface area contributed by atoms with Gasteiger partial charge in [0.2, 0.25) is 0 Å². The number of thiazole rings is 1. The Balaban J connectivity index is 2.15. The number of anilines is 2. The summed E-state index contributed by atoms with van der Waals surface area (Å²) in [4.78, 5) is 4.44. The van der Waals surface area contributed by atoms with E-state index in [-0.39, 0.29) is 0 Å². The lowest BCUT2D eigenvalue weighted by atomic mass is 10.3. The fourth-order valence-corrected chi connectivity index (χ4v) is 3.09. The van der Waals surface area contributed by atoms with Gasteiger partial charge in [-0.3, -0.25) is 0 Å². The van der Waals surface area contributed by atoms with Crippen molar-refractivity contribution in [3.63, 3.8) is 0 Å². The minimum absolute atomic E-state index is 0.473. The van der Waals surface area contributed by atoms with Gasteiger partial charge in [-0.2, -0.15) is 0 Å². The molecule has 102 valence electrons. The Morgan fingerprint density at radius 2 is 1.89 bits per heavy atom. The van der Waals surface area contributed by atoms with Crippen molar-refractivity contribution in [1.29, 1.82) is 0 Å². The second-order valence-electron chi connectivity index (χ2n) is 3.79. The highest BCUT2D eigenvalue weighted by Gasteiger charge is 2.10. The number of nitrogens with zero attached hydrogens (tertiary/aromatic N) is 1. The Morgan fingerprint density at radius 3 is 2.53 bits per heavy atom. The predicted molar refractivity (Wildman–Crippen MR) is 84.2 cm³/mol. The molecule has 0 radical (unpaired) electrons. The van der Waals surface area contributed by atoms with Crippen molar-refractivity contribution >= 4 is 57.0 Å². The Bertz CT molecular complexity index is 548. The van der Waals surface area contributed by atoms with Gasteiger partial charge in [-0.05, 0) is 18.7 Å². The average molecular weight is 337 g/mol. The number of nitrogens with one attached hydrogen (secondary N) is 2. The van der Waals surface area contributed by atoms with E-state index in [0.717, 1.165) is 23.9 Å². The first-order valence-electron chi connectivity index (χ1n) is 5.67. The summed E-state index contributed by atoms with van der Waals surface area (Å²) in [5.74, 6) is 0. The Kier molecular flexibility index (Phi) is 5.30. The lowest BCUT2D eigenvalue weighted by Gasteiger charge is -2.08. The lowest BCUT2D eigenvalue weighted by Crippen LogP contribution is -2.11. The van der Waals surface area contributed by atoms with Gasteiger partial charge >= 0.3 is 0 Å². The third-order valence-electron chi connectivity index (χ3n) is 2.35. The number of hydrogen-bond donors (Lipinski definition) is 2. The molecule has 19 heavy (non-hydrogen) atoms. The van der Waals surface area contributed by atoms with Crippen LogP contribution in [0.5, 0.6) is 0 Å². The van der Waals surface area contributed by atoms with Crippen molar-refractivity contribution in [2.45, 2.75) is 13.5 Å². The lowest BCUT2D eigenvalue weighted by molar-refractivity contribution is 0.715. The van der Waals surface area contributed by atoms with Crippen molar-refractivity contribution < 1.29 is 0 Å². The summed E-state index contributed by atoms with van der Waals surface area (Å²) in [5.41, 5.74) is 1.60. The van der Waals surface area contributed by atoms with Crippen molar-refractivity contribution in [2.75, 3.05) is 11.9 Å². The van der Waals surface area contributed by atoms with Crippen molar-refractivity contribution in [2.24, 2.45) is 0 Å². The molecule has 2 N–H and O–H groups in total. The van der Waals surface area contributed by atoms with Crippen LogP contribution in [0.15, 0.2) is 17.5 Å². The standard InChI is InChI=1S/C12H12Cl3N3S/c1-2-16-5-8-6-19-12(17-8)18-11-9(14)3-7(13)4-10(11)15/h3-4,6,16H,2,5H2,1H3,(H,17,18). The molecule has 0 amide bonds. The fraction of sp³-hybridized carbons (Fsp3) is 0.250. The number of aromatic nitrogens is 1. The van der Waals surface area contributed by atoms with Gasteiger partial charge in [0.1, 0.15) is 0 Å². The average Bonchev–Trinajstić information content (AvgIpc) is 2.79. The topological polar surface area (TPSA) is 37.0 Å². The van der Waals surface area contributed by atoms with E-state index in [1.807, 2.05) is 5.38 Å². The molecule has 3 nitrogen and oxygen atoms in total. The number of hydrogen-bond acceptors (Lipinski definition) is 4. The van der Waals surface area contributed by atoms with E-state index in [2.05, 4.69) is 22.5 Å². The molecule has 1 aromatic heterocycles. The summed E-state index contributed by atoms with van der Waals surface area (Å²) in [7, 11) is 0. The summed E-state index contributed by atoms with van der Waals surface area (Å²) < 4.78 is 0. The molecule has 0 fully saturated rings. The van der Waals surface area contributed by atoms with Crippen molar-refractivity contribution in [3.05, 3.63) is 38.3 Å². The van der Waals surface area contributed by atoms with E-state index < -0.39 is 0 Å². The summed E-state index contributed by atoms with van der Waals surface area (Å²) in [5, 5.41) is 10.5. The third-order valence-corrected chi connectivity index (χ3v) is 3.97. The van der Waals surface area contributed by atoms with Crippen LogP contribution >= 0.6 is 46.1 Å². The van der Waals surface area contributed by atoms with E-state index in [9.17, 15) is 0 Å². The number of halogens is 3. The van der Waals surface area contributed by atoms with E-state index in [0.29, 0.717) is 20.8 Å². The fourth-order valence-electron chi connectivity index (χ4n) is 1.47. The molecule has 0 spiro atoms. The minimum Gasteiger partial charge on any atom is -0.329 e. The van der Waals surface area contributed by atoms with E-state index in [4.69, 9.17) is 34.8 Å². The van der Waals surface area contributed by atoms with Crippen LogP contribution in [-0.2, 0) is 6.54 Å². The molecule has 7 heteroatoms. The Hall–Kier alpha value is -0.520.